The first-order valence-electron chi connectivity index (χ1n) is 11.5. The Bertz CT molecular complexity index is 793. The lowest BCUT2D eigenvalue weighted by molar-refractivity contribution is -0.161. The fourth-order valence-electron chi connectivity index (χ4n) is 4.96. The van der Waals surface area contributed by atoms with Crippen LogP contribution in [0.2, 0.25) is 0 Å². The molecule has 0 aliphatic carbocycles. The number of carbonyl (C=O) groups excluding carboxylic acids is 2. The highest BCUT2D eigenvalue weighted by atomic mass is 16.5. The smallest absolute Gasteiger partial charge is 0.327 e. The van der Waals surface area contributed by atoms with Gasteiger partial charge in [0, 0.05) is 18.6 Å². The molecule has 1 amide bonds. The molecule has 0 bridgehead atoms. The number of hydrogen-bond acceptors (Lipinski definition) is 6. The van der Waals surface area contributed by atoms with Crippen LogP contribution in [-0.4, -0.2) is 72.3 Å². The van der Waals surface area contributed by atoms with Crippen LogP contribution in [0.1, 0.15) is 45.1 Å². The van der Waals surface area contributed by atoms with E-state index in [1.165, 1.54) is 4.90 Å². The second kappa shape index (κ2) is 10.9. The molecule has 1 aromatic carbocycles. The number of nitrogens with zero attached hydrogens (tertiary/aromatic N) is 1. The largest absolute Gasteiger partial charge is 0.480 e. The van der Waals surface area contributed by atoms with Crippen molar-refractivity contribution in [1.82, 2.24) is 10.2 Å². The number of carboxylic acid groups (broad SMARTS) is 1. The minimum Gasteiger partial charge on any atom is -0.480 e. The minimum atomic E-state index is -0.998. The molecule has 1 aromatic rings. The van der Waals surface area contributed by atoms with Crippen LogP contribution in [-0.2, 0) is 30.3 Å². The fraction of sp³-hybridized carbons (Fsp3) is 0.625. The highest BCUT2D eigenvalue weighted by Crippen LogP contribution is 2.43. The molecule has 32 heavy (non-hydrogen) atoms. The zero-order chi connectivity index (χ0) is 23.1. The molecular weight excluding hydrogens is 412 g/mol. The van der Waals surface area contributed by atoms with Crippen molar-refractivity contribution in [1.29, 1.82) is 0 Å². The lowest BCUT2D eigenvalue weighted by Crippen LogP contribution is -2.62. The molecule has 0 saturated carbocycles. The average Bonchev–Trinajstić information content (AvgIpc) is 3.24. The number of ether oxygens (including phenoxy) is 2. The lowest BCUT2D eigenvalue weighted by atomic mass is 9.72. The van der Waals surface area contributed by atoms with E-state index >= 15 is 0 Å². The van der Waals surface area contributed by atoms with E-state index in [4.69, 9.17) is 9.47 Å². The summed E-state index contributed by atoms with van der Waals surface area (Å²) in [5.74, 6) is -1.71. The molecule has 2 aliphatic rings. The third kappa shape index (κ3) is 5.48. The molecule has 3 unspecified atom stereocenters. The molecule has 2 heterocycles. The van der Waals surface area contributed by atoms with Gasteiger partial charge in [-0.15, -0.1) is 0 Å². The summed E-state index contributed by atoms with van der Waals surface area (Å²) >= 11 is 0. The molecule has 2 N–H and O–H groups in total. The van der Waals surface area contributed by atoms with E-state index in [0.717, 1.165) is 18.4 Å². The summed E-state index contributed by atoms with van der Waals surface area (Å²) in [7, 11) is 0. The first-order chi connectivity index (χ1) is 15.4. The van der Waals surface area contributed by atoms with Gasteiger partial charge in [0.05, 0.1) is 19.3 Å². The van der Waals surface area contributed by atoms with Crippen LogP contribution in [0, 0.1) is 5.41 Å². The maximum absolute atomic E-state index is 13.4. The van der Waals surface area contributed by atoms with Crippen LogP contribution >= 0.6 is 0 Å². The van der Waals surface area contributed by atoms with Gasteiger partial charge in [0.15, 0.2) is 0 Å². The monoisotopic (exact) mass is 446 g/mol. The average molecular weight is 447 g/mol. The maximum Gasteiger partial charge on any atom is 0.327 e. The quantitative estimate of drug-likeness (QED) is 0.559. The number of rotatable bonds is 9. The van der Waals surface area contributed by atoms with Crippen molar-refractivity contribution in [3.63, 3.8) is 0 Å². The summed E-state index contributed by atoms with van der Waals surface area (Å²) in [5.41, 5.74) is 0.556. The number of carboxylic acids is 1. The van der Waals surface area contributed by atoms with Crippen LogP contribution in [0.5, 0.6) is 0 Å². The van der Waals surface area contributed by atoms with Crippen LogP contribution in [0.25, 0.3) is 0 Å². The number of aliphatic carboxylic acids is 1. The summed E-state index contributed by atoms with van der Waals surface area (Å²) < 4.78 is 10.7. The van der Waals surface area contributed by atoms with Gasteiger partial charge in [-0.2, -0.15) is 0 Å². The molecule has 0 radical (unpaired) electrons. The molecule has 176 valence electrons. The predicted molar refractivity (Wildman–Crippen MR) is 118 cm³/mol. The summed E-state index contributed by atoms with van der Waals surface area (Å²) in [6, 6.07) is 7.51. The number of carbonyl (C=O) groups is 3. The summed E-state index contributed by atoms with van der Waals surface area (Å²) in [6.07, 6.45) is 3.23. The van der Waals surface area contributed by atoms with E-state index in [1.807, 2.05) is 30.3 Å². The Morgan fingerprint density at radius 1 is 1.28 bits per heavy atom. The second-order valence-corrected chi connectivity index (χ2v) is 8.76. The summed E-state index contributed by atoms with van der Waals surface area (Å²) in [5, 5.41) is 13.1. The number of likely N-dealkylation sites (tertiary alicyclic amines) is 1. The van der Waals surface area contributed by atoms with Gasteiger partial charge in [0.25, 0.3) is 0 Å². The molecule has 0 aromatic heterocycles. The normalized spacial score (nSPS) is 24.8. The first kappa shape index (κ1) is 24.2. The van der Waals surface area contributed by atoms with Crippen LogP contribution in [0.4, 0.5) is 0 Å². The van der Waals surface area contributed by atoms with E-state index in [-0.39, 0.29) is 12.5 Å². The maximum atomic E-state index is 13.4. The molecule has 2 aliphatic heterocycles. The highest BCUT2D eigenvalue weighted by molar-refractivity contribution is 5.88. The Balaban J connectivity index is 1.71. The lowest BCUT2D eigenvalue weighted by Gasteiger charge is -2.46. The number of esters is 1. The Morgan fingerprint density at radius 3 is 2.66 bits per heavy atom. The van der Waals surface area contributed by atoms with Gasteiger partial charge < -0.3 is 19.5 Å². The van der Waals surface area contributed by atoms with E-state index < -0.39 is 35.5 Å². The topological polar surface area (TPSA) is 105 Å². The van der Waals surface area contributed by atoms with Crippen molar-refractivity contribution in [2.75, 3.05) is 26.4 Å². The molecule has 4 atom stereocenters. The minimum absolute atomic E-state index is 0.250. The van der Waals surface area contributed by atoms with Gasteiger partial charge in [0.1, 0.15) is 12.1 Å². The second-order valence-electron chi connectivity index (χ2n) is 8.76. The van der Waals surface area contributed by atoms with Crippen LogP contribution < -0.4 is 5.32 Å². The molecule has 8 nitrogen and oxygen atoms in total. The van der Waals surface area contributed by atoms with Crippen LogP contribution in [0.15, 0.2) is 30.3 Å². The van der Waals surface area contributed by atoms with Crippen molar-refractivity contribution < 1.29 is 29.0 Å². The molecule has 8 heteroatoms. The van der Waals surface area contributed by atoms with E-state index in [0.29, 0.717) is 39.0 Å². The Labute approximate surface area is 189 Å². The number of benzene rings is 1. The number of nitrogens with one attached hydrogen (secondary N) is 1. The first-order valence-corrected chi connectivity index (χ1v) is 11.5. The SMILES string of the molecule is CCOC(=O)C(CCc1ccccc1)N[C@@H](C)C(=O)N1CCCC2(CCOC2)C1C(=O)O. The van der Waals surface area contributed by atoms with Crippen molar-refractivity contribution in [2.24, 2.45) is 5.41 Å². The Kier molecular flexibility index (Phi) is 8.26. The third-order valence-corrected chi connectivity index (χ3v) is 6.57. The van der Waals surface area contributed by atoms with Crippen molar-refractivity contribution in [2.45, 2.75) is 64.1 Å². The van der Waals surface area contributed by atoms with Gasteiger partial charge in [-0.1, -0.05) is 30.3 Å². The number of amides is 1. The van der Waals surface area contributed by atoms with Gasteiger partial charge in [-0.05, 0) is 51.5 Å². The zero-order valence-electron chi connectivity index (χ0n) is 18.9. The fourth-order valence-corrected chi connectivity index (χ4v) is 4.96. The van der Waals surface area contributed by atoms with Gasteiger partial charge in [0.2, 0.25) is 5.91 Å². The summed E-state index contributed by atoms with van der Waals surface area (Å²) in [6.45, 7) is 4.94. The molecular formula is C24H34N2O6. The molecule has 3 rings (SSSR count). The van der Waals surface area contributed by atoms with Crippen molar-refractivity contribution >= 4 is 17.8 Å². The molecule has 2 saturated heterocycles. The Hall–Kier alpha value is -2.45. The van der Waals surface area contributed by atoms with Gasteiger partial charge in [-0.3, -0.25) is 14.9 Å². The summed E-state index contributed by atoms with van der Waals surface area (Å²) in [4.78, 5) is 39.6. The van der Waals surface area contributed by atoms with Crippen LogP contribution in [0.3, 0.4) is 0 Å². The van der Waals surface area contributed by atoms with Crippen molar-refractivity contribution in [3.8, 4) is 0 Å². The number of aryl methyl sites for hydroxylation is 1. The van der Waals surface area contributed by atoms with Crippen molar-refractivity contribution in [3.05, 3.63) is 35.9 Å². The predicted octanol–water partition coefficient (Wildman–Crippen LogP) is 2.01. The number of hydrogen-bond donors (Lipinski definition) is 2. The molecule has 2 fully saturated rings. The Morgan fingerprint density at radius 2 is 2.03 bits per heavy atom. The number of piperidine rings is 1. The third-order valence-electron chi connectivity index (χ3n) is 6.57. The zero-order valence-corrected chi connectivity index (χ0v) is 18.9. The highest BCUT2D eigenvalue weighted by Gasteiger charge is 2.52. The standard InChI is InChI=1S/C24H34N2O6/c1-3-32-23(30)19(11-10-18-8-5-4-6-9-18)25-17(2)21(27)26-14-7-12-24(13-15-31-16-24)20(26)22(28)29/h4-6,8-9,17,19-20,25H,3,7,10-16H2,1-2H3,(H,28,29)/t17-,19?,20?,24?/m0/s1. The van der Waals surface area contributed by atoms with E-state index in [9.17, 15) is 19.5 Å². The molecule has 1 spiro atoms. The van der Waals surface area contributed by atoms with Gasteiger partial charge >= 0.3 is 11.9 Å². The van der Waals surface area contributed by atoms with Gasteiger partial charge in [-0.25, -0.2) is 4.79 Å². The van der Waals surface area contributed by atoms with E-state index in [2.05, 4.69) is 5.32 Å². The van der Waals surface area contributed by atoms with E-state index in [1.54, 1.807) is 13.8 Å².